The zero-order valence-corrected chi connectivity index (χ0v) is 7.55. The molecule has 1 radical (unpaired) electrons. The fourth-order valence-corrected chi connectivity index (χ4v) is 2.05. The van der Waals surface area contributed by atoms with E-state index in [1.165, 1.54) is 17.2 Å². The molecule has 0 saturated carbocycles. The van der Waals surface area contributed by atoms with Gasteiger partial charge in [0, 0.05) is 0 Å². The van der Waals surface area contributed by atoms with Crippen LogP contribution in [0.2, 0.25) is 0 Å². The summed E-state index contributed by atoms with van der Waals surface area (Å²) in [4.78, 5) is 0. The minimum atomic E-state index is -0.152. The van der Waals surface area contributed by atoms with E-state index in [-0.39, 0.29) is 5.82 Å². The van der Waals surface area contributed by atoms with E-state index < -0.39 is 0 Å². The zero-order chi connectivity index (χ0) is 9.54. The molecule has 2 aromatic rings. The van der Waals surface area contributed by atoms with Gasteiger partial charge in [0.1, 0.15) is 5.82 Å². The Bertz CT molecular complexity index is 500. The maximum Gasteiger partial charge on any atom is 0.123 e. The minimum absolute atomic E-state index is 0.152. The number of benzene rings is 2. The van der Waals surface area contributed by atoms with E-state index in [1.54, 1.807) is 6.07 Å². The molecule has 0 N–H and O–H groups in total. The van der Waals surface area contributed by atoms with Gasteiger partial charge in [-0.05, 0) is 46.9 Å². The Morgan fingerprint density at radius 3 is 2.86 bits per heavy atom. The fraction of sp³-hybridized carbons (Fsp3) is 0.0769. The van der Waals surface area contributed by atoms with Crippen molar-refractivity contribution in [2.75, 3.05) is 0 Å². The van der Waals surface area contributed by atoms with Crippen LogP contribution in [0.3, 0.4) is 0 Å². The molecule has 0 atom stereocenters. The van der Waals surface area contributed by atoms with Gasteiger partial charge in [-0.15, -0.1) is 0 Å². The average Bonchev–Trinajstić information content (AvgIpc) is 2.54. The third-order valence-electron chi connectivity index (χ3n) is 2.69. The molecule has 2 aromatic carbocycles. The van der Waals surface area contributed by atoms with Crippen LogP contribution in [0.4, 0.5) is 4.39 Å². The summed E-state index contributed by atoms with van der Waals surface area (Å²) in [6.07, 6.45) is 0.833. The number of hydrogen-bond donors (Lipinski definition) is 0. The van der Waals surface area contributed by atoms with Gasteiger partial charge >= 0.3 is 0 Å². The van der Waals surface area contributed by atoms with Crippen LogP contribution in [0, 0.1) is 11.9 Å². The first-order chi connectivity index (χ1) is 6.84. The Balaban J connectivity index is 2.27. The highest BCUT2D eigenvalue weighted by Crippen LogP contribution is 2.36. The number of halogens is 1. The number of fused-ring (bicyclic) bond motifs is 3. The summed E-state index contributed by atoms with van der Waals surface area (Å²) in [5.74, 6) is -0.152. The van der Waals surface area contributed by atoms with Crippen molar-refractivity contribution in [3.63, 3.8) is 0 Å². The van der Waals surface area contributed by atoms with Gasteiger partial charge in [0.25, 0.3) is 0 Å². The quantitative estimate of drug-likeness (QED) is 0.502. The van der Waals surface area contributed by atoms with E-state index in [2.05, 4.69) is 6.07 Å². The number of hydrogen-bond acceptors (Lipinski definition) is 0. The zero-order valence-electron chi connectivity index (χ0n) is 7.55. The molecule has 3 rings (SSSR count). The van der Waals surface area contributed by atoms with Crippen LogP contribution < -0.4 is 0 Å². The second kappa shape index (κ2) is 2.68. The van der Waals surface area contributed by atoms with Gasteiger partial charge in [-0.2, -0.15) is 0 Å². The van der Waals surface area contributed by atoms with Crippen molar-refractivity contribution in [1.82, 2.24) is 0 Å². The molecule has 0 aliphatic heterocycles. The largest absolute Gasteiger partial charge is 0.207 e. The van der Waals surface area contributed by atoms with Crippen molar-refractivity contribution in [2.45, 2.75) is 6.42 Å². The van der Waals surface area contributed by atoms with Gasteiger partial charge in [0.15, 0.2) is 0 Å². The minimum Gasteiger partial charge on any atom is -0.207 e. The first-order valence-corrected chi connectivity index (χ1v) is 4.62. The van der Waals surface area contributed by atoms with E-state index in [1.807, 2.05) is 24.3 Å². The van der Waals surface area contributed by atoms with Crippen LogP contribution in [0.15, 0.2) is 36.4 Å². The predicted octanol–water partition coefficient (Wildman–Crippen LogP) is 3.20. The molecular weight excluding hydrogens is 175 g/mol. The standard InChI is InChI=1S/C13H8F/c14-11-5-6-13-10(8-11)7-9-3-1-2-4-12(9)13/h2-6,8H,7H2. The fourth-order valence-electron chi connectivity index (χ4n) is 2.05. The lowest BCUT2D eigenvalue weighted by atomic mass is 10.1. The maximum atomic E-state index is 13.0. The van der Waals surface area contributed by atoms with Gasteiger partial charge in [0.2, 0.25) is 0 Å². The monoisotopic (exact) mass is 183 g/mol. The summed E-state index contributed by atoms with van der Waals surface area (Å²) in [6, 6.07) is 14.0. The molecule has 1 heteroatoms. The molecule has 0 bridgehead atoms. The van der Waals surface area contributed by atoms with E-state index in [0.29, 0.717) is 0 Å². The molecule has 67 valence electrons. The lowest BCUT2D eigenvalue weighted by Gasteiger charge is -1.99. The van der Waals surface area contributed by atoms with Gasteiger partial charge in [-0.25, -0.2) is 4.39 Å². The third kappa shape index (κ3) is 0.987. The Morgan fingerprint density at radius 1 is 1.07 bits per heavy atom. The average molecular weight is 183 g/mol. The van der Waals surface area contributed by atoms with E-state index >= 15 is 0 Å². The molecule has 0 unspecified atom stereocenters. The lowest BCUT2D eigenvalue weighted by molar-refractivity contribution is 0.626. The first kappa shape index (κ1) is 7.74. The van der Waals surface area contributed by atoms with Gasteiger partial charge in [-0.3, -0.25) is 0 Å². The second-order valence-corrected chi connectivity index (χ2v) is 3.56. The van der Waals surface area contributed by atoms with Crippen molar-refractivity contribution < 1.29 is 4.39 Å². The molecule has 0 fully saturated rings. The van der Waals surface area contributed by atoms with Gasteiger partial charge in [0.05, 0.1) is 0 Å². The summed E-state index contributed by atoms with van der Waals surface area (Å²) in [5.41, 5.74) is 4.71. The summed E-state index contributed by atoms with van der Waals surface area (Å²) in [7, 11) is 0. The first-order valence-electron chi connectivity index (χ1n) is 4.62. The summed E-state index contributed by atoms with van der Waals surface area (Å²) >= 11 is 0. The molecular formula is C13H8F. The van der Waals surface area contributed by atoms with E-state index in [0.717, 1.165) is 17.5 Å². The lowest BCUT2D eigenvalue weighted by Crippen LogP contribution is -1.81. The molecule has 0 aromatic heterocycles. The van der Waals surface area contributed by atoms with Crippen molar-refractivity contribution >= 4 is 0 Å². The Labute approximate surface area is 82.0 Å². The SMILES string of the molecule is Fc1ccc2c(c1)Cc1c[c]ccc1-2. The molecule has 0 amide bonds. The van der Waals surface area contributed by atoms with Crippen molar-refractivity contribution in [3.8, 4) is 11.1 Å². The third-order valence-corrected chi connectivity index (χ3v) is 2.69. The predicted molar refractivity (Wildman–Crippen MR) is 53.5 cm³/mol. The van der Waals surface area contributed by atoms with Crippen LogP contribution >= 0.6 is 0 Å². The highest BCUT2D eigenvalue weighted by Gasteiger charge is 2.17. The topological polar surface area (TPSA) is 0 Å². The van der Waals surface area contributed by atoms with Crippen LogP contribution in [0.25, 0.3) is 11.1 Å². The van der Waals surface area contributed by atoms with Gasteiger partial charge in [-0.1, -0.05) is 24.3 Å². The van der Waals surface area contributed by atoms with Crippen LogP contribution in [0.5, 0.6) is 0 Å². The Morgan fingerprint density at radius 2 is 1.93 bits per heavy atom. The normalized spacial score (nSPS) is 12.4. The molecule has 14 heavy (non-hydrogen) atoms. The van der Waals surface area contributed by atoms with Crippen LogP contribution in [0.1, 0.15) is 11.1 Å². The summed E-state index contributed by atoms with van der Waals surface area (Å²) in [6.45, 7) is 0. The van der Waals surface area contributed by atoms with Gasteiger partial charge < -0.3 is 0 Å². The maximum absolute atomic E-state index is 13.0. The second-order valence-electron chi connectivity index (χ2n) is 3.56. The van der Waals surface area contributed by atoms with Crippen LogP contribution in [-0.2, 0) is 6.42 Å². The van der Waals surface area contributed by atoms with Crippen molar-refractivity contribution in [2.24, 2.45) is 0 Å². The summed E-state index contributed by atoms with van der Waals surface area (Å²) in [5, 5.41) is 0. The van der Waals surface area contributed by atoms with E-state index in [9.17, 15) is 4.39 Å². The highest BCUT2D eigenvalue weighted by molar-refractivity contribution is 5.76. The van der Waals surface area contributed by atoms with Crippen molar-refractivity contribution in [3.05, 3.63) is 59.4 Å². The molecule has 1 aliphatic carbocycles. The Hall–Kier alpha value is -1.63. The van der Waals surface area contributed by atoms with Crippen LogP contribution in [-0.4, -0.2) is 0 Å². The molecule has 0 saturated heterocycles. The molecule has 0 spiro atoms. The van der Waals surface area contributed by atoms with E-state index in [4.69, 9.17) is 0 Å². The summed E-state index contributed by atoms with van der Waals surface area (Å²) < 4.78 is 13.0. The van der Waals surface area contributed by atoms with Crippen molar-refractivity contribution in [1.29, 1.82) is 0 Å². The molecule has 0 nitrogen and oxygen atoms in total. The Kier molecular flexibility index (Phi) is 1.48. The highest BCUT2D eigenvalue weighted by atomic mass is 19.1. The molecule has 1 aliphatic rings. The molecule has 0 heterocycles. The number of rotatable bonds is 0. The smallest absolute Gasteiger partial charge is 0.123 e.